The maximum Gasteiger partial charge on any atom is 0.193 e. The predicted molar refractivity (Wildman–Crippen MR) is 105 cm³/mol. The van der Waals surface area contributed by atoms with Gasteiger partial charge in [0.2, 0.25) is 0 Å². The molecule has 0 saturated heterocycles. The van der Waals surface area contributed by atoms with Crippen LogP contribution in [0.25, 0.3) is 0 Å². The van der Waals surface area contributed by atoms with E-state index in [9.17, 15) is 10.2 Å². The predicted octanol–water partition coefficient (Wildman–Crippen LogP) is 4.06. The number of aliphatic hydroxyl groups is 2. The molecule has 0 saturated carbocycles. The van der Waals surface area contributed by atoms with Crippen molar-refractivity contribution in [1.82, 2.24) is 0 Å². The minimum atomic E-state index is -2.10. The fourth-order valence-corrected chi connectivity index (χ4v) is 4.67. The highest BCUT2D eigenvalue weighted by atomic mass is 28.4. The third-order valence-electron chi connectivity index (χ3n) is 5.98. The SMILES string of the molecule is CC(C)(C)[Si](C)(C)O[C@@H]1[C@@H](O)[C@@H](O)C=C[C@@H]1O[Si](C)(C)C(C)(C)C. The van der Waals surface area contributed by atoms with Crippen LogP contribution in [-0.2, 0) is 8.85 Å². The molecule has 24 heavy (non-hydrogen) atoms. The molecule has 0 aromatic carbocycles. The van der Waals surface area contributed by atoms with E-state index in [4.69, 9.17) is 8.85 Å². The lowest BCUT2D eigenvalue weighted by molar-refractivity contribution is -0.0784. The summed E-state index contributed by atoms with van der Waals surface area (Å²) in [5.41, 5.74) is 0. The highest BCUT2D eigenvalue weighted by Gasteiger charge is 2.47. The minimum absolute atomic E-state index is 0.0281. The van der Waals surface area contributed by atoms with E-state index in [1.54, 1.807) is 6.08 Å². The van der Waals surface area contributed by atoms with Gasteiger partial charge in [-0.15, -0.1) is 0 Å². The zero-order valence-corrected chi connectivity index (χ0v) is 19.2. The average molecular weight is 375 g/mol. The third-order valence-corrected chi connectivity index (χ3v) is 14.9. The smallest absolute Gasteiger partial charge is 0.193 e. The van der Waals surface area contributed by atoms with Gasteiger partial charge < -0.3 is 19.1 Å². The summed E-state index contributed by atoms with van der Waals surface area (Å²) in [5.74, 6) is 0. The van der Waals surface area contributed by atoms with Gasteiger partial charge in [0.25, 0.3) is 0 Å². The number of hydrogen-bond donors (Lipinski definition) is 2. The lowest BCUT2D eigenvalue weighted by Crippen LogP contribution is -2.58. The Hall–Kier alpha value is 0.0138. The third kappa shape index (κ3) is 4.80. The lowest BCUT2D eigenvalue weighted by Gasteiger charge is -2.47. The molecule has 6 heteroatoms. The summed E-state index contributed by atoms with van der Waals surface area (Å²) in [6.45, 7) is 21.8. The molecule has 0 amide bonds. The quantitative estimate of drug-likeness (QED) is 0.575. The minimum Gasteiger partial charge on any atom is -0.408 e. The summed E-state index contributed by atoms with van der Waals surface area (Å²) < 4.78 is 13.0. The van der Waals surface area contributed by atoms with Gasteiger partial charge in [0.1, 0.15) is 18.3 Å². The van der Waals surface area contributed by atoms with E-state index in [0.717, 1.165) is 0 Å². The molecule has 1 rings (SSSR count). The Bertz CT molecular complexity index is 461. The Labute approximate surface area is 150 Å². The first kappa shape index (κ1) is 22.1. The monoisotopic (exact) mass is 374 g/mol. The summed E-state index contributed by atoms with van der Waals surface area (Å²) in [5, 5.41) is 20.7. The second kappa shape index (κ2) is 6.97. The molecule has 0 fully saturated rings. The van der Waals surface area contributed by atoms with Crippen LogP contribution in [0, 0.1) is 0 Å². The highest BCUT2D eigenvalue weighted by molar-refractivity contribution is 6.74. The molecule has 0 radical (unpaired) electrons. The van der Waals surface area contributed by atoms with Crippen molar-refractivity contribution in [2.45, 2.75) is 102 Å². The van der Waals surface area contributed by atoms with Gasteiger partial charge in [-0.2, -0.15) is 0 Å². The summed E-state index contributed by atoms with van der Waals surface area (Å²) in [6, 6.07) is 0. The molecule has 0 spiro atoms. The topological polar surface area (TPSA) is 58.9 Å². The number of rotatable bonds is 4. The van der Waals surface area contributed by atoms with Crippen LogP contribution in [-0.4, -0.2) is 51.3 Å². The molecule has 142 valence electrons. The van der Waals surface area contributed by atoms with Crippen LogP contribution in [0.2, 0.25) is 36.3 Å². The standard InChI is InChI=1S/C18H38O4Si2/c1-17(2,3)23(7,8)21-14-12-11-13(19)15(20)16(14)22-24(9,10)18(4,5)6/h11-16,19-20H,1-10H3/t13-,14-,15-,16-/m0/s1. The van der Waals surface area contributed by atoms with Crippen molar-refractivity contribution in [1.29, 1.82) is 0 Å². The molecule has 0 aliphatic heterocycles. The first-order valence-electron chi connectivity index (χ1n) is 8.90. The van der Waals surface area contributed by atoms with Crippen LogP contribution < -0.4 is 0 Å². The van der Waals surface area contributed by atoms with E-state index in [-0.39, 0.29) is 16.2 Å². The second-order valence-electron chi connectivity index (χ2n) is 10.1. The van der Waals surface area contributed by atoms with Gasteiger partial charge in [-0.05, 0) is 36.3 Å². The Kier molecular flexibility index (Phi) is 6.40. The summed E-state index contributed by atoms with van der Waals surface area (Å²) in [4.78, 5) is 0. The molecule has 4 nitrogen and oxygen atoms in total. The Morgan fingerprint density at radius 3 is 1.58 bits per heavy atom. The zero-order chi connectivity index (χ0) is 19.1. The van der Waals surface area contributed by atoms with Crippen LogP contribution in [0.15, 0.2) is 12.2 Å². The van der Waals surface area contributed by atoms with Gasteiger partial charge >= 0.3 is 0 Å². The highest BCUT2D eigenvalue weighted by Crippen LogP contribution is 2.41. The lowest BCUT2D eigenvalue weighted by atomic mass is 9.96. The first-order valence-corrected chi connectivity index (χ1v) is 14.7. The fraction of sp³-hybridized carbons (Fsp3) is 0.889. The molecule has 0 bridgehead atoms. The average Bonchev–Trinajstić information content (AvgIpc) is 2.35. The normalized spacial score (nSPS) is 29.8. The molecule has 1 aliphatic rings. The fourth-order valence-electron chi connectivity index (χ4n) is 2.11. The number of hydrogen-bond acceptors (Lipinski definition) is 4. The van der Waals surface area contributed by atoms with Crippen LogP contribution in [0.4, 0.5) is 0 Å². The number of aliphatic hydroxyl groups excluding tert-OH is 2. The van der Waals surface area contributed by atoms with Crippen LogP contribution in [0.1, 0.15) is 41.5 Å². The Morgan fingerprint density at radius 1 is 0.750 bits per heavy atom. The van der Waals surface area contributed by atoms with Crippen LogP contribution in [0.5, 0.6) is 0 Å². The van der Waals surface area contributed by atoms with Gasteiger partial charge in [-0.25, -0.2) is 0 Å². The van der Waals surface area contributed by atoms with Gasteiger partial charge in [-0.1, -0.05) is 53.7 Å². The molecular weight excluding hydrogens is 336 g/mol. The van der Waals surface area contributed by atoms with Crippen molar-refractivity contribution >= 4 is 16.6 Å². The summed E-state index contributed by atoms with van der Waals surface area (Å²) in [6.07, 6.45) is 0.792. The van der Waals surface area contributed by atoms with Crippen molar-refractivity contribution in [3.8, 4) is 0 Å². The van der Waals surface area contributed by atoms with E-state index in [1.165, 1.54) is 0 Å². The molecule has 4 atom stereocenters. The summed E-state index contributed by atoms with van der Waals surface area (Å²) in [7, 11) is -4.11. The molecular formula is C18H38O4Si2. The molecule has 0 unspecified atom stereocenters. The molecule has 1 aliphatic carbocycles. The summed E-state index contributed by atoms with van der Waals surface area (Å²) >= 11 is 0. The van der Waals surface area contributed by atoms with Crippen LogP contribution >= 0.6 is 0 Å². The van der Waals surface area contributed by atoms with Crippen molar-refractivity contribution in [3.63, 3.8) is 0 Å². The molecule has 0 heterocycles. The van der Waals surface area contributed by atoms with Crippen molar-refractivity contribution in [2.75, 3.05) is 0 Å². The zero-order valence-electron chi connectivity index (χ0n) is 17.2. The van der Waals surface area contributed by atoms with E-state index in [2.05, 4.69) is 67.7 Å². The van der Waals surface area contributed by atoms with Crippen molar-refractivity contribution in [3.05, 3.63) is 12.2 Å². The van der Waals surface area contributed by atoms with Gasteiger partial charge in [0.15, 0.2) is 16.6 Å². The van der Waals surface area contributed by atoms with Gasteiger partial charge in [-0.3, -0.25) is 0 Å². The first-order chi connectivity index (χ1) is 10.5. The van der Waals surface area contributed by atoms with Crippen molar-refractivity contribution in [2.24, 2.45) is 0 Å². The largest absolute Gasteiger partial charge is 0.408 e. The maximum atomic E-state index is 10.6. The van der Waals surface area contributed by atoms with E-state index in [0.29, 0.717) is 0 Å². The van der Waals surface area contributed by atoms with E-state index in [1.807, 2.05) is 6.08 Å². The van der Waals surface area contributed by atoms with Gasteiger partial charge in [0, 0.05) is 0 Å². The molecule has 2 N–H and O–H groups in total. The second-order valence-corrected chi connectivity index (χ2v) is 19.6. The van der Waals surface area contributed by atoms with Gasteiger partial charge in [0.05, 0.1) is 6.10 Å². The molecule has 0 aromatic rings. The van der Waals surface area contributed by atoms with E-state index < -0.39 is 34.9 Å². The van der Waals surface area contributed by atoms with Crippen molar-refractivity contribution < 1.29 is 19.1 Å². The Morgan fingerprint density at radius 2 is 1.17 bits per heavy atom. The Balaban J connectivity index is 3.11. The van der Waals surface area contributed by atoms with E-state index >= 15 is 0 Å². The molecule has 0 aromatic heterocycles. The van der Waals surface area contributed by atoms with Crippen LogP contribution in [0.3, 0.4) is 0 Å². The maximum absolute atomic E-state index is 10.6.